The Morgan fingerprint density at radius 2 is 2.15 bits per heavy atom. The molecule has 1 amide bonds. The molecule has 1 aromatic heterocycles. The minimum absolute atomic E-state index is 0.0750. The van der Waals surface area contributed by atoms with Crippen LogP contribution in [0.1, 0.15) is 38.6 Å². The van der Waals surface area contributed by atoms with Crippen molar-refractivity contribution < 1.29 is 28.7 Å². The summed E-state index contributed by atoms with van der Waals surface area (Å²) in [6, 6.07) is 1.40. The Hall–Kier alpha value is -3.15. The molecular weight excluding hydrogens is 345 g/mol. The molecule has 0 aliphatic rings. The molecule has 8 nitrogen and oxygen atoms in total. The Balaban J connectivity index is 2.85. The number of esters is 1. The molecule has 0 aromatic carbocycles. The number of nitrogens with one attached hydrogen (secondary N) is 1. The van der Waals surface area contributed by atoms with Gasteiger partial charge in [0.1, 0.15) is 23.0 Å². The average Bonchev–Trinajstić information content (AvgIpc) is 2.54. The minimum Gasteiger partial charge on any atom is -0.467 e. The number of alkyl carbamates (subject to hydrolysis) is 1. The molecule has 0 bridgehead atoms. The second kappa shape index (κ2) is 9.36. The molecule has 0 fully saturated rings. The summed E-state index contributed by atoms with van der Waals surface area (Å²) in [6.07, 6.45) is -0.0213. The number of rotatable bonds is 4. The van der Waals surface area contributed by atoms with Gasteiger partial charge in [0.15, 0.2) is 5.82 Å². The largest absolute Gasteiger partial charge is 0.467 e. The number of nitrogens with zero attached hydrogens (tertiary/aromatic N) is 2. The zero-order valence-electron chi connectivity index (χ0n) is 14.9. The van der Waals surface area contributed by atoms with Crippen molar-refractivity contribution in [3.63, 3.8) is 0 Å². The van der Waals surface area contributed by atoms with Gasteiger partial charge in [0.25, 0.3) is 0 Å². The van der Waals surface area contributed by atoms with Crippen molar-refractivity contribution in [1.29, 1.82) is 0 Å². The number of methoxy groups -OCH3 is 1. The van der Waals surface area contributed by atoms with Crippen LogP contribution in [0.5, 0.6) is 0 Å². The molecule has 9 heteroatoms. The van der Waals surface area contributed by atoms with Crippen LogP contribution < -0.4 is 5.32 Å². The highest BCUT2D eigenvalue weighted by molar-refractivity contribution is 5.81. The SMILES string of the molecule is COC(=O)[C@H](CC#Cc1ccc(F)c(/C=N\O)n1)NC(=O)OC(C)(C)C. The van der Waals surface area contributed by atoms with Crippen LogP contribution in [0.25, 0.3) is 0 Å². The Morgan fingerprint density at radius 1 is 1.46 bits per heavy atom. The summed E-state index contributed by atoms with van der Waals surface area (Å²) in [6.45, 7) is 5.06. The molecule has 1 rings (SSSR count). The van der Waals surface area contributed by atoms with E-state index in [9.17, 15) is 14.0 Å². The highest BCUT2D eigenvalue weighted by Crippen LogP contribution is 2.08. The molecule has 1 atom stereocenters. The summed E-state index contributed by atoms with van der Waals surface area (Å²) in [7, 11) is 1.18. The number of carbonyl (C=O) groups is 2. The molecule has 26 heavy (non-hydrogen) atoms. The smallest absolute Gasteiger partial charge is 0.408 e. The molecule has 0 unspecified atom stereocenters. The summed E-state index contributed by atoms with van der Waals surface area (Å²) >= 11 is 0. The van der Waals surface area contributed by atoms with E-state index in [1.807, 2.05) is 0 Å². The van der Waals surface area contributed by atoms with Crippen molar-refractivity contribution in [2.24, 2.45) is 5.16 Å². The Labute approximate surface area is 150 Å². The van der Waals surface area contributed by atoms with E-state index in [0.717, 1.165) is 12.3 Å². The first kappa shape index (κ1) is 20.9. The van der Waals surface area contributed by atoms with Crippen LogP contribution in [-0.4, -0.2) is 47.2 Å². The van der Waals surface area contributed by atoms with Crippen LogP contribution in [0.4, 0.5) is 9.18 Å². The van der Waals surface area contributed by atoms with E-state index in [0.29, 0.717) is 0 Å². The zero-order valence-corrected chi connectivity index (χ0v) is 14.9. The highest BCUT2D eigenvalue weighted by atomic mass is 19.1. The third-order valence-electron chi connectivity index (χ3n) is 2.75. The number of oxime groups is 1. The fourth-order valence-corrected chi connectivity index (χ4v) is 1.70. The van der Waals surface area contributed by atoms with Crippen molar-refractivity contribution in [2.75, 3.05) is 7.11 Å². The fraction of sp³-hybridized carbons (Fsp3) is 0.412. The first-order valence-electron chi connectivity index (χ1n) is 7.56. The normalized spacial score (nSPS) is 12.0. The first-order valence-corrected chi connectivity index (χ1v) is 7.56. The van der Waals surface area contributed by atoms with Gasteiger partial charge in [0, 0.05) is 6.42 Å². The molecule has 0 saturated heterocycles. The van der Waals surface area contributed by atoms with Gasteiger partial charge >= 0.3 is 12.1 Å². The summed E-state index contributed by atoms with van der Waals surface area (Å²) in [5.41, 5.74) is -0.711. The first-order chi connectivity index (χ1) is 12.2. The lowest BCUT2D eigenvalue weighted by molar-refractivity contribution is -0.143. The number of carbonyl (C=O) groups excluding carboxylic acids is 2. The summed E-state index contributed by atoms with van der Waals surface area (Å²) in [5.74, 6) is 3.93. The van der Waals surface area contributed by atoms with Gasteiger partial charge in [-0.15, -0.1) is 0 Å². The Bertz CT molecular complexity index is 747. The quantitative estimate of drug-likeness (QED) is 0.277. The van der Waals surface area contributed by atoms with Crippen LogP contribution in [0.15, 0.2) is 17.3 Å². The number of pyridine rings is 1. The Kier molecular flexibility index (Phi) is 7.52. The topological polar surface area (TPSA) is 110 Å². The summed E-state index contributed by atoms with van der Waals surface area (Å²) in [4.78, 5) is 27.4. The van der Waals surface area contributed by atoms with Crippen molar-refractivity contribution in [1.82, 2.24) is 10.3 Å². The molecule has 140 valence electrons. The van der Waals surface area contributed by atoms with E-state index in [1.54, 1.807) is 20.8 Å². The highest BCUT2D eigenvalue weighted by Gasteiger charge is 2.24. The number of ether oxygens (including phenoxy) is 2. The lowest BCUT2D eigenvalue weighted by Crippen LogP contribution is -2.43. The lowest BCUT2D eigenvalue weighted by atomic mass is 10.2. The minimum atomic E-state index is -1.04. The molecule has 1 heterocycles. The second-order valence-corrected chi connectivity index (χ2v) is 6.04. The number of aromatic nitrogens is 1. The predicted octanol–water partition coefficient (Wildman–Crippen LogP) is 1.84. The van der Waals surface area contributed by atoms with Gasteiger partial charge in [0.2, 0.25) is 0 Å². The van der Waals surface area contributed by atoms with E-state index in [1.165, 1.54) is 13.2 Å². The molecule has 0 radical (unpaired) electrons. The van der Waals surface area contributed by atoms with Crippen LogP contribution >= 0.6 is 0 Å². The molecule has 1 aromatic rings. The monoisotopic (exact) mass is 365 g/mol. The molecule has 0 aliphatic carbocycles. The average molecular weight is 365 g/mol. The van der Waals surface area contributed by atoms with Crippen LogP contribution in [0.2, 0.25) is 0 Å². The molecule has 0 saturated carbocycles. The maximum Gasteiger partial charge on any atom is 0.408 e. The van der Waals surface area contributed by atoms with Crippen molar-refractivity contribution in [2.45, 2.75) is 38.8 Å². The molecule has 0 aliphatic heterocycles. The fourth-order valence-electron chi connectivity index (χ4n) is 1.70. The van der Waals surface area contributed by atoms with E-state index < -0.39 is 29.5 Å². The van der Waals surface area contributed by atoms with Crippen LogP contribution in [0, 0.1) is 17.7 Å². The van der Waals surface area contributed by atoms with Crippen molar-refractivity contribution >= 4 is 18.3 Å². The summed E-state index contributed by atoms with van der Waals surface area (Å²) in [5, 5.41) is 13.6. The zero-order chi connectivity index (χ0) is 19.7. The standard InChI is InChI=1S/C17H20FN3O5/c1-17(2,3)26-16(23)21-13(15(22)25-4)7-5-6-11-8-9-12(18)14(20-11)10-19-24/h8-10,13,24H,7H2,1-4H3,(H,21,23)/b19-10-/t13-/m0/s1. The number of hydrogen-bond donors (Lipinski definition) is 2. The maximum atomic E-state index is 13.4. The van der Waals surface area contributed by atoms with Gasteiger partial charge < -0.3 is 20.0 Å². The predicted molar refractivity (Wildman–Crippen MR) is 90.2 cm³/mol. The molecule has 0 spiro atoms. The molecule has 2 N–H and O–H groups in total. The van der Waals surface area contributed by atoms with Crippen LogP contribution in [0.3, 0.4) is 0 Å². The van der Waals surface area contributed by atoms with E-state index in [2.05, 4.69) is 32.0 Å². The third kappa shape index (κ3) is 7.17. The van der Waals surface area contributed by atoms with Gasteiger partial charge in [-0.3, -0.25) is 0 Å². The van der Waals surface area contributed by atoms with Crippen molar-refractivity contribution in [3.8, 4) is 11.8 Å². The van der Waals surface area contributed by atoms with Gasteiger partial charge in [-0.25, -0.2) is 19.0 Å². The number of hydrogen-bond acceptors (Lipinski definition) is 7. The van der Waals surface area contributed by atoms with E-state index in [4.69, 9.17) is 9.94 Å². The number of amides is 1. The molecular formula is C17H20FN3O5. The van der Waals surface area contributed by atoms with Gasteiger partial charge in [-0.2, -0.15) is 0 Å². The van der Waals surface area contributed by atoms with Gasteiger partial charge in [-0.05, 0) is 38.8 Å². The number of halogens is 1. The van der Waals surface area contributed by atoms with Gasteiger partial charge in [0.05, 0.1) is 13.3 Å². The van der Waals surface area contributed by atoms with Crippen molar-refractivity contribution in [3.05, 3.63) is 29.3 Å². The maximum absolute atomic E-state index is 13.4. The van der Waals surface area contributed by atoms with E-state index in [-0.39, 0.29) is 17.8 Å². The van der Waals surface area contributed by atoms with E-state index >= 15 is 0 Å². The lowest BCUT2D eigenvalue weighted by Gasteiger charge is -2.21. The van der Waals surface area contributed by atoms with Crippen LogP contribution in [-0.2, 0) is 14.3 Å². The summed E-state index contributed by atoms with van der Waals surface area (Å²) < 4.78 is 23.1. The Morgan fingerprint density at radius 3 is 2.73 bits per heavy atom. The van der Waals surface area contributed by atoms with Gasteiger partial charge in [-0.1, -0.05) is 11.1 Å². The third-order valence-corrected chi connectivity index (χ3v) is 2.75. The second-order valence-electron chi connectivity index (χ2n) is 6.04.